The minimum atomic E-state index is -0.202. The molecule has 1 aromatic heterocycles. The van der Waals surface area contributed by atoms with Crippen molar-refractivity contribution in [2.75, 3.05) is 6.54 Å². The van der Waals surface area contributed by atoms with Crippen molar-refractivity contribution in [2.24, 2.45) is 0 Å². The summed E-state index contributed by atoms with van der Waals surface area (Å²) in [5.41, 5.74) is 1.66. The molecular formula is C15H18BrFN2S. The third kappa shape index (κ3) is 3.45. The van der Waals surface area contributed by atoms with E-state index in [1.54, 1.807) is 17.4 Å². The molecule has 1 N–H and O–H groups in total. The molecule has 0 amide bonds. The first-order valence-electron chi connectivity index (χ1n) is 6.65. The number of nitrogens with zero attached hydrogens (tertiary/aromatic N) is 1. The third-order valence-electron chi connectivity index (χ3n) is 3.16. The van der Waals surface area contributed by atoms with Crippen LogP contribution in [0.3, 0.4) is 0 Å². The Morgan fingerprint density at radius 3 is 2.75 bits per heavy atom. The fourth-order valence-electron chi connectivity index (χ4n) is 1.98. The van der Waals surface area contributed by atoms with Gasteiger partial charge in [-0.1, -0.05) is 22.9 Å². The molecule has 0 aliphatic carbocycles. The molecule has 0 spiro atoms. The molecule has 1 atom stereocenters. The zero-order valence-electron chi connectivity index (χ0n) is 11.8. The van der Waals surface area contributed by atoms with Gasteiger partial charge >= 0.3 is 0 Å². The number of benzene rings is 1. The van der Waals surface area contributed by atoms with Crippen molar-refractivity contribution < 1.29 is 4.39 Å². The fourth-order valence-corrected chi connectivity index (χ4v) is 3.37. The van der Waals surface area contributed by atoms with E-state index in [2.05, 4.69) is 33.2 Å². The molecule has 0 aliphatic rings. The number of thiazole rings is 1. The molecular weight excluding hydrogens is 339 g/mol. The van der Waals surface area contributed by atoms with E-state index in [9.17, 15) is 4.39 Å². The second-order valence-electron chi connectivity index (χ2n) is 4.75. The van der Waals surface area contributed by atoms with Gasteiger partial charge in [0.05, 0.1) is 11.7 Å². The van der Waals surface area contributed by atoms with E-state index in [0.29, 0.717) is 5.56 Å². The van der Waals surface area contributed by atoms with Crippen LogP contribution in [0.25, 0.3) is 0 Å². The van der Waals surface area contributed by atoms with E-state index in [0.717, 1.165) is 28.1 Å². The Balaban J connectivity index is 2.43. The standard InChI is InChI=1S/C15H18BrFN2S/c1-4-7-18-14(15-19-9(2)10(3)20-15)12-8-11(16)5-6-13(12)17/h5-6,8,14,18H,4,7H2,1-3H3. The van der Waals surface area contributed by atoms with Crippen LogP contribution >= 0.6 is 27.3 Å². The lowest BCUT2D eigenvalue weighted by Crippen LogP contribution is -2.24. The van der Waals surface area contributed by atoms with Gasteiger partial charge in [0.1, 0.15) is 10.8 Å². The monoisotopic (exact) mass is 356 g/mol. The summed E-state index contributed by atoms with van der Waals surface area (Å²) in [6.07, 6.45) is 0.995. The number of hydrogen-bond acceptors (Lipinski definition) is 3. The summed E-state index contributed by atoms with van der Waals surface area (Å²) in [6.45, 7) is 6.96. The third-order valence-corrected chi connectivity index (χ3v) is 4.79. The highest BCUT2D eigenvalue weighted by atomic mass is 79.9. The molecule has 1 aromatic carbocycles. The molecule has 0 radical (unpaired) electrons. The van der Waals surface area contributed by atoms with Crippen molar-refractivity contribution in [3.63, 3.8) is 0 Å². The molecule has 0 aliphatic heterocycles. The fraction of sp³-hybridized carbons (Fsp3) is 0.400. The molecule has 1 heterocycles. The first-order valence-corrected chi connectivity index (χ1v) is 8.26. The van der Waals surface area contributed by atoms with Crippen molar-refractivity contribution >= 4 is 27.3 Å². The maximum absolute atomic E-state index is 14.2. The van der Waals surface area contributed by atoms with Crippen LogP contribution in [0.5, 0.6) is 0 Å². The lowest BCUT2D eigenvalue weighted by molar-refractivity contribution is 0.544. The number of rotatable bonds is 5. The maximum atomic E-state index is 14.2. The molecule has 2 rings (SSSR count). The Kier molecular flexibility index (Phi) is 5.29. The van der Waals surface area contributed by atoms with Crippen LogP contribution in [-0.4, -0.2) is 11.5 Å². The number of aromatic nitrogens is 1. The Morgan fingerprint density at radius 2 is 2.15 bits per heavy atom. The van der Waals surface area contributed by atoms with Gasteiger partial charge in [0.15, 0.2) is 0 Å². The molecule has 0 saturated heterocycles. The molecule has 1 unspecified atom stereocenters. The van der Waals surface area contributed by atoms with Crippen LogP contribution in [0.15, 0.2) is 22.7 Å². The van der Waals surface area contributed by atoms with E-state index in [4.69, 9.17) is 0 Å². The second-order valence-corrected chi connectivity index (χ2v) is 6.90. The van der Waals surface area contributed by atoms with E-state index < -0.39 is 0 Å². The van der Waals surface area contributed by atoms with Gasteiger partial charge in [-0.15, -0.1) is 11.3 Å². The summed E-state index contributed by atoms with van der Waals surface area (Å²) in [7, 11) is 0. The summed E-state index contributed by atoms with van der Waals surface area (Å²) in [5, 5.41) is 4.32. The topological polar surface area (TPSA) is 24.9 Å². The largest absolute Gasteiger partial charge is 0.304 e. The minimum Gasteiger partial charge on any atom is -0.304 e. The van der Waals surface area contributed by atoms with Gasteiger partial charge in [0.25, 0.3) is 0 Å². The van der Waals surface area contributed by atoms with Gasteiger partial charge in [0, 0.05) is 14.9 Å². The Hall–Kier alpha value is -0.780. The predicted molar refractivity (Wildman–Crippen MR) is 85.8 cm³/mol. The van der Waals surface area contributed by atoms with Gasteiger partial charge in [-0.2, -0.15) is 0 Å². The molecule has 5 heteroatoms. The SMILES string of the molecule is CCCNC(c1nc(C)c(C)s1)c1cc(Br)ccc1F. The number of halogens is 2. The van der Waals surface area contributed by atoms with E-state index >= 15 is 0 Å². The number of aryl methyl sites for hydroxylation is 2. The van der Waals surface area contributed by atoms with Crippen LogP contribution in [0.1, 0.15) is 40.5 Å². The predicted octanol–water partition coefficient (Wildman–Crippen LogP) is 4.75. The molecule has 0 bridgehead atoms. The van der Waals surface area contributed by atoms with Crippen molar-refractivity contribution in [3.05, 3.63) is 49.6 Å². The lowest BCUT2D eigenvalue weighted by Gasteiger charge is -2.17. The van der Waals surface area contributed by atoms with Crippen LogP contribution < -0.4 is 5.32 Å². The highest BCUT2D eigenvalue weighted by Crippen LogP contribution is 2.31. The van der Waals surface area contributed by atoms with Gasteiger partial charge in [-0.3, -0.25) is 0 Å². The smallest absolute Gasteiger partial charge is 0.128 e. The Bertz CT molecular complexity index is 578. The Morgan fingerprint density at radius 1 is 1.40 bits per heavy atom. The average molecular weight is 357 g/mol. The zero-order valence-corrected chi connectivity index (χ0v) is 14.2. The highest BCUT2D eigenvalue weighted by molar-refractivity contribution is 9.10. The lowest BCUT2D eigenvalue weighted by atomic mass is 10.1. The number of nitrogens with one attached hydrogen (secondary N) is 1. The van der Waals surface area contributed by atoms with Crippen molar-refractivity contribution in [2.45, 2.75) is 33.2 Å². The summed E-state index contributed by atoms with van der Waals surface area (Å²) in [6, 6.07) is 4.85. The molecule has 0 fully saturated rings. The molecule has 20 heavy (non-hydrogen) atoms. The average Bonchev–Trinajstić information content (AvgIpc) is 2.74. The van der Waals surface area contributed by atoms with Crippen LogP contribution in [-0.2, 0) is 0 Å². The summed E-state index contributed by atoms with van der Waals surface area (Å²) < 4.78 is 15.0. The highest BCUT2D eigenvalue weighted by Gasteiger charge is 2.21. The van der Waals surface area contributed by atoms with Crippen LogP contribution in [0.4, 0.5) is 4.39 Å². The van der Waals surface area contributed by atoms with Crippen LogP contribution in [0.2, 0.25) is 0 Å². The zero-order chi connectivity index (χ0) is 14.7. The van der Waals surface area contributed by atoms with E-state index in [1.165, 1.54) is 10.9 Å². The van der Waals surface area contributed by atoms with E-state index in [1.807, 2.05) is 19.9 Å². The van der Waals surface area contributed by atoms with Crippen molar-refractivity contribution in [1.29, 1.82) is 0 Å². The van der Waals surface area contributed by atoms with Crippen molar-refractivity contribution in [1.82, 2.24) is 10.3 Å². The summed E-state index contributed by atoms with van der Waals surface area (Å²) >= 11 is 5.04. The van der Waals surface area contributed by atoms with Gasteiger partial charge in [-0.25, -0.2) is 9.37 Å². The molecule has 2 nitrogen and oxygen atoms in total. The normalized spacial score (nSPS) is 12.7. The van der Waals surface area contributed by atoms with Crippen molar-refractivity contribution in [3.8, 4) is 0 Å². The second kappa shape index (κ2) is 6.78. The molecule has 0 saturated carbocycles. The van der Waals surface area contributed by atoms with Gasteiger partial charge in [-0.05, 0) is 45.0 Å². The first kappa shape index (κ1) is 15.6. The minimum absolute atomic E-state index is 0.190. The van der Waals surface area contributed by atoms with Gasteiger partial charge < -0.3 is 5.32 Å². The maximum Gasteiger partial charge on any atom is 0.128 e. The van der Waals surface area contributed by atoms with E-state index in [-0.39, 0.29) is 11.9 Å². The Labute approximate surface area is 131 Å². The van der Waals surface area contributed by atoms with Gasteiger partial charge in [0.2, 0.25) is 0 Å². The molecule has 2 aromatic rings. The number of hydrogen-bond donors (Lipinski definition) is 1. The quantitative estimate of drug-likeness (QED) is 0.835. The van der Waals surface area contributed by atoms with Crippen LogP contribution in [0, 0.1) is 19.7 Å². The first-order chi connectivity index (χ1) is 9.52. The summed E-state index contributed by atoms with van der Waals surface area (Å²) in [5.74, 6) is -0.202. The summed E-state index contributed by atoms with van der Waals surface area (Å²) in [4.78, 5) is 5.76. The molecule has 108 valence electrons.